The normalized spacial score (nSPS) is 21.1. The minimum absolute atomic E-state index is 0.0363. The number of amides is 3. The van der Waals surface area contributed by atoms with Gasteiger partial charge in [-0.3, -0.25) is 9.69 Å². The lowest BCUT2D eigenvalue weighted by Gasteiger charge is -2.23. The Morgan fingerprint density at radius 2 is 1.89 bits per heavy atom. The largest absolute Gasteiger partial charge is 0.490 e. The van der Waals surface area contributed by atoms with Gasteiger partial charge in [0.15, 0.2) is 11.5 Å². The van der Waals surface area contributed by atoms with Crippen LogP contribution in [0.25, 0.3) is 0 Å². The van der Waals surface area contributed by atoms with Crippen molar-refractivity contribution >= 4 is 11.9 Å². The van der Waals surface area contributed by atoms with Crippen LogP contribution in [0.4, 0.5) is 4.79 Å². The number of carbonyl (C=O) groups is 2. The van der Waals surface area contributed by atoms with Gasteiger partial charge in [-0.25, -0.2) is 4.79 Å². The Morgan fingerprint density at radius 1 is 1.14 bits per heavy atom. The Hall–Kier alpha value is -3.53. The molecule has 2 aromatic rings. The van der Waals surface area contributed by atoms with Crippen LogP contribution in [0.2, 0.25) is 0 Å². The molecule has 7 nitrogen and oxygen atoms in total. The maximum atomic E-state index is 13.2. The second-order valence-corrected chi connectivity index (χ2v) is 6.93. The molecule has 28 heavy (non-hydrogen) atoms. The molecule has 0 radical (unpaired) electrons. The van der Waals surface area contributed by atoms with Crippen molar-refractivity contribution in [2.75, 3.05) is 13.2 Å². The van der Waals surface area contributed by atoms with Gasteiger partial charge in [0, 0.05) is 6.42 Å². The molecule has 3 amide bonds. The average molecular weight is 377 g/mol. The molecule has 1 N–H and O–H groups in total. The number of carbonyl (C=O) groups excluding carboxylic acids is 2. The van der Waals surface area contributed by atoms with Crippen LogP contribution in [0, 0.1) is 11.3 Å². The Labute approximate surface area is 162 Å². The second kappa shape index (κ2) is 6.89. The topological polar surface area (TPSA) is 91.7 Å². The fourth-order valence-corrected chi connectivity index (χ4v) is 3.45. The zero-order chi connectivity index (χ0) is 19.7. The van der Waals surface area contributed by atoms with E-state index in [9.17, 15) is 14.9 Å². The van der Waals surface area contributed by atoms with Crippen molar-refractivity contribution in [1.29, 1.82) is 5.26 Å². The number of nitrogens with zero attached hydrogens (tertiary/aromatic N) is 2. The predicted molar refractivity (Wildman–Crippen MR) is 99.6 cm³/mol. The zero-order valence-corrected chi connectivity index (χ0v) is 15.4. The zero-order valence-electron chi connectivity index (χ0n) is 15.4. The van der Waals surface area contributed by atoms with Crippen molar-refractivity contribution in [2.24, 2.45) is 0 Å². The Balaban J connectivity index is 1.64. The lowest BCUT2D eigenvalue weighted by Crippen LogP contribution is -2.40. The van der Waals surface area contributed by atoms with E-state index in [0.717, 1.165) is 11.3 Å². The SMILES string of the molecule is C[C@]1(c2ccc3c(c2)OCCCO3)NC(=O)N(Cc2ccccc2C#N)C1=O. The van der Waals surface area contributed by atoms with Gasteiger partial charge in [0.05, 0.1) is 31.4 Å². The molecule has 7 heteroatoms. The van der Waals surface area contributed by atoms with E-state index in [1.807, 2.05) is 0 Å². The van der Waals surface area contributed by atoms with Gasteiger partial charge in [-0.15, -0.1) is 0 Å². The molecule has 2 aromatic carbocycles. The fourth-order valence-electron chi connectivity index (χ4n) is 3.45. The van der Waals surface area contributed by atoms with Crippen molar-refractivity contribution < 1.29 is 19.1 Å². The summed E-state index contributed by atoms with van der Waals surface area (Å²) in [5.41, 5.74) is 0.457. The summed E-state index contributed by atoms with van der Waals surface area (Å²) >= 11 is 0. The first-order valence-corrected chi connectivity index (χ1v) is 9.05. The number of fused-ring (bicyclic) bond motifs is 1. The van der Waals surface area contributed by atoms with E-state index >= 15 is 0 Å². The number of imide groups is 1. The number of benzene rings is 2. The van der Waals surface area contributed by atoms with E-state index in [1.54, 1.807) is 49.4 Å². The number of nitriles is 1. The minimum atomic E-state index is -1.22. The van der Waals surface area contributed by atoms with Crippen LogP contribution >= 0.6 is 0 Å². The smallest absolute Gasteiger partial charge is 0.325 e. The molecule has 0 aromatic heterocycles. The first-order valence-electron chi connectivity index (χ1n) is 9.05. The summed E-state index contributed by atoms with van der Waals surface area (Å²) in [7, 11) is 0. The molecule has 0 saturated carbocycles. The summed E-state index contributed by atoms with van der Waals surface area (Å²) in [5, 5.41) is 12.0. The molecule has 2 aliphatic heterocycles. The highest BCUT2D eigenvalue weighted by Crippen LogP contribution is 2.37. The third-order valence-electron chi connectivity index (χ3n) is 5.07. The standard InChI is InChI=1S/C21H19N3O4/c1-21(16-7-8-17-18(11-16)28-10-4-9-27-17)19(25)24(20(26)23-21)13-15-6-3-2-5-14(15)12-22/h2-3,5-8,11H,4,9-10,13H2,1H3,(H,23,26)/t21-/m1/s1. The number of nitrogens with one attached hydrogen (secondary N) is 1. The van der Waals surface area contributed by atoms with E-state index in [-0.39, 0.29) is 12.5 Å². The van der Waals surface area contributed by atoms with Crippen molar-refractivity contribution in [3.63, 3.8) is 0 Å². The summed E-state index contributed by atoms with van der Waals surface area (Å²) in [6, 6.07) is 13.8. The van der Waals surface area contributed by atoms with Gasteiger partial charge < -0.3 is 14.8 Å². The first-order chi connectivity index (χ1) is 13.5. The van der Waals surface area contributed by atoms with E-state index in [0.29, 0.717) is 41.4 Å². The molecule has 0 spiro atoms. The van der Waals surface area contributed by atoms with Gasteiger partial charge in [-0.1, -0.05) is 24.3 Å². The monoisotopic (exact) mass is 377 g/mol. The molecule has 142 valence electrons. The summed E-state index contributed by atoms with van der Waals surface area (Å²) in [5.74, 6) is 0.813. The Kier molecular flexibility index (Phi) is 4.40. The third-order valence-corrected chi connectivity index (χ3v) is 5.07. The average Bonchev–Trinajstić information content (AvgIpc) is 2.87. The van der Waals surface area contributed by atoms with Crippen molar-refractivity contribution in [1.82, 2.24) is 10.2 Å². The van der Waals surface area contributed by atoms with E-state index < -0.39 is 11.6 Å². The lowest BCUT2D eigenvalue weighted by molar-refractivity contribution is -0.131. The van der Waals surface area contributed by atoms with E-state index in [1.165, 1.54) is 0 Å². The van der Waals surface area contributed by atoms with Gasteiger partial charge in [0.2, 0.25) is 0 Å². The maximum absolute atomic E-state index is 13.2. The fraction of sp³-hybridized carbons (Fsp3) is 0.286. The summed E-state index contributed by atoms with van der Waals surface area (Å²) in [6.07, 6.45) is 0.781. The first kappa shape index (κ1) is 17.9. The molecule has 0 bridgehead atoms. The maximum Gasteiger partial charge on any atom is 0.325 e. The molecule has 4 rings (SSSR count). The molecule has 2 aliphatic rings. The number of ether oxygens (including phenoxy) is 2. The van der Waals surface area contributed by atoms with Crippen LogP contribution in [-0.4, -0.2) is 30.1 Å². The Morgan fingerprint density at radius 3 is 2.68 bits per heavy atom. The van der Waals surface area contributed by atoms with Crippen LogP contribution in [0.1, 0.15) is 30.0 Å². The molecule has 0 aliphatic carbocycles. The van der Waals surface area contributed by atoms with Crippen LogP contribution in [0.5, 0.6) is 11.5 Å². The van der Waals surface area contributed by atoms with E-state index in [2.05, 4.69) is 11.4 Å². The molecule has 1 atom stereocenters. The quantitative estimate of drug-likeness (QED) is 0.831. The molecule has 2 heterocycles. The van der Waals surface area contributed by atoms with Gasteiger partial charge >= 0.3 is 6.03 Å². The van der Waals surface area contributed by atoms with E-state index in [4.69, 9.17) is 9.47 Å². The summed E-state index contributed by atoms with van der Waals surface area (Å²) in [6.45, 7) is 2.81. The van der Waals surface area contributed by atoms with Crippen LogP contribution < -0.4 is 14.8 Å². The highest BCUT2D eigenvalue weighted by Gasteiger charge is 2.49. The van der Waals surface area contributed by atoms with Crippen molar-refractivity contribution in [3.8, 4) is 17.6 Å². The third kappa shape index (κ3) is 2.93. The molecule has 0 unspecified atom stereocenters. The molecular weight excluding hydrogens is 358 g/mol. The van der Waals surface area contributed by atoms with Gasteiger partial charge in [-0.2, -0.15) is 5.26 Å². The predicted octanol–water partition coefficient (Wildman–Crippen LogP) is 2.69. The number of urea groups is 1. The molecule has 1 saturated heterocycles. The number of hydrogen-bond acceptors (Lipinski definition) is 5. The summed E-state index contributed by atoms with van der Waals surface area (Å²) < 4.78 is 11.3. The van der Waals surface area contributed by atoms with Crippen molar-refractivity contribution in [3.05, 3.63) is 59.2 Å². The number of rotatable bonds is 3. The Bertz CT molecular complexity index is 997. The minimum Gasteiger partial charge on any atom is -0.490 e. The van der Waals surface area contributed by atoms with Gasteiger partial charge in [0.25, 0.3) is 5.91 Å². The van der Waals surface area contributed by atoms with Gasteiger partial charge in [-0.05, 0) is 36.2 Å². The van der Waals surface area contributed by atoms with Crippen molar-refractivity contribution in [2.45, 2.75) is 25.4 Å². The summed E-state index contributed by atoms with van der Waals surface area (Å²) in [4.78, 5) is 26.9. The second-order valence-electron chi connectivity index (χ2n) is 6.93. The lowest BCUT2D eigenvalue weighted by atomic mass is 9.91. The van der Waals surface area contributed by atoms with Crippen LogP contribution in [0.15, 0.2) is 42.5 Å². The van der Waals surface area contributed by atoms with Gasteiger partial charge in [0.1, 0.15) is 5.54 Å². The molecule has 1 fully saturated rings. The van der Waals surface area contributed by atoms with Crippen LogP contribution in [-0.2, 0) is 16.9 Å². The number of hydrogen-bond donors (Lipinski definition) is 1. The molecular formula is C21H19N3O4. The highest BCUT2D eigenvalue weighted by molar-refractivity contribution is 6.07. The van der Waals surface area contributed by atoms with Crippen LogP contribution in [0.3, 0.4) is 0 Å². The highest BCUT2D eigenvalue weighted by atomic mass is 16.5.